The first-order valence-corrected chi connectivity index (χ1v) is 10.3. The summed E-state index contributed by atoms with van der Waals surface area (Å²) in [5.41, 5.74) is 0.764. The number of carbonyl (C=O) groups is 2. The molecular formula is C20H30BN3O5. The number of carboxylic acid groups (broad SMARTS) is 1. The van der Waals surface area contributed by atoms with Crippen molar-refractivity contribution in [1.29, 1.82) is 0 Å². The van der Waals surface area contributed by atoms with E-state index in [0.29, 0.717) is 13.0 Å². The highest BCUT2D eigenvalue weighted by atomic mass is 16.5. The Balaban J connectivity index is 1.48. The summed E-state index contributed by atoms with van der Waals surface area (Å²) in [7, 11) is -1.17. The van der Waals surface area contributed by atoms with Crippen molar-refractivity contribution in [3.8, 4) is 5.75 Å². The molecule has 1 saturated heterocycles. The fourth-order valence-corrected chi connectivity index (χ4v) is 4.02. The van der Waals surface area contributed by atoms with Crippen LogP contribution in [0.15, 0.2) is 18.2 Å². The van der Waals surface area contributed by atoms with Gasteiger partial charge in [-0.1, -0.05) is 19.1 Å². The standard InChI is InChI=1S/C20H30BN3O5/c1-2-22-6-7-23-8-10-24(11-9-23)14-17(25)13-16-12-15-4-3-5-18(20(26)27)19(15)29-21(16)28/h3-5,16,22,28H,2,6-14H2,1H3,(H,26,27)/t16-/m1/s1. The Kier molecular flexibility index (Phi) is 7.66. The van der Waals surface area contributed by atoms with Gasteiger partial charge in [0.2, 0.25) is 0 Å². The number of rotatable bonds is 9. The number of fused-ring (bicyclic) bond motifs is 1. The third kappa shape index (κ3) is 5.79. The molecule has 1 aromatic rings. The lowest BCUT2D eigenvalue weighted by Crippen LogP contribution is -2.49. The highest BCUT2D eigenvalue weighted by Crippen LogP contribution is 2.36. The molecule has 2 aliphatic heterocycles. The molecule has 29 heavy (non-hydrogen) atoms. The Morgan fingerprint density at radius 1 is 1.24 bits per heavy atom. The van der Waals surface area contributed by atoms with Gasteiger partial charge >= 0.3 is 13.1 Å². The summed E-state index contributed by atoms with van der Waals surface area (Å²) in [6.07, 6.45) is 0.653. The van der Waals surface area contributed by atoms with Gasteiger partial charge in [-0.25, -0.2) is 4.79 Å². The van der Waals surface area contributed by atoms with Gasteiger partial charge < -0.3 is 20.1 Å². The van der Waals surface area contributed by atoms with Gasteiger partial charge in [0.15, 0.2) is 0 Å². The molecule has 0 amide bonds. The second-order valence-electron chi connectivity index (χ2n) is 7.79. The molecule has 0 radical (unpaired) electrons. The zero-order valence-electron chi connectivity index (χ0n) is 17.0. The van der Waals surface area contributed by atoms with Crippen LogP contribution in [-0.2, 0) is 11.2 Å². The average Bonchev–Trinajstić information content (AvgIpc) is 2.69. The molecule has 1 aromatic carbocycles. The van der Waals surface area contributed by atoms with Crippen LogP contribution in [0, 0.1) is 0 Å². The molecule has 158 valence electrons. The summed E-state index contributed by atoms with van der Waals surface area (Å²) in [6.45, 7) is 9.12. The van der Waals surface area contributed by atoms with Crippen molar-refractivity contribution in [2.24, 2.45) is 0 Å². The molecule has 0 unspecified atom stereocenters. The van der Waals surface area contributed by atoms with Crippen molar-refractivity contribution in [2.75, 3.05) is 52.4 Å². The van der Waals surface area contributed by atoms with Crippen LogP contribution in [-0.4, -0.2) is 91.2 Å². The van der Waals surface area contributed by atoms with Crippen molar-refractivity contribution in [3.63, 3.8) is 0 Å². The number of carboxylic acids is 1. The molecule has 0 aliphatic carbocycles. The van der Waals surface area contributed by atoms with Gasteiger partial charge in [0.1, 0.15) is 11.5 Å². The number of likely N-dealkylation sites (N-methyl/N-ethyl adjacent to an activating group) is 1. The van der Waals surface area contributed by atoms with Gasteiger partial charge in [-0.3, -0.25) is 14.6 Å². The third-order valence-corrected chi connectivity index (χ3v) is 5.66. The summed E-state index contributed by atoms with van der Waals surface area (Å²) >= 11 is 0. The maximum absolute atomic E-state index is 12.6. The van der Waals surface area contributed by atoms with Crippen LogP contribution in [0.1, 0.15) is 29.3 Å². The summed E-state index contributed by atoms with van der Waals surface area (Å²) in [5.74, 6) is -1.16. The number of benzene rings is 1. The molecule has 8 nitrogen and oxygen atoms in total. The van der Waals surface area contributed by atoms with Gasteiger partial charge in [0.05, 0.1) is 12.1 Å². The molecule has 0 aromatic heterocycles. The number of nitrogens with zero attached hydrogens (tertiary/aromatic N) is 2. The third-order valence-electron chi connectivity index (χ3n) is 5.66. The van der Waals surface area contributed by atoms with Crippen molar-refractivity contribution < 1.29 is 24.4 Å². The molecule has 1 fully saturated rings. The van der Waals surface area contributed by atoms with Crippen molar-refractivity contribution in [3.05, 3.63) is 29.3 Å². The zero-order chi connectivity index (χ0) is 20.8. The van der Waals surface area contributed by atoms with Gasteiger partial charge in [-0.2, -0.15) is 0 Å². The molecule has 2 heterocycles. The molecule has 9 heteroatoms. The largest absolute Gasteiger partial charge is 0.535 e. The molecule has 0 saturated carbocycles. The quantitative estimate of drug-likeness (QED) is 0.401. The fraction of sp³-hybridized carbons (Fsp3) is 0.600. The van der Waals surface area contributed by atoms with Crippen molar-refractivity contribution >= 4 is 18.9 Å². The first-order valence-electron chi connectivity index (χ1n) is 10.3. The van der Waals surface area contributed by atoms with Crippen LogP contribution in [0.25, 0.3) is 0 Å². The maximum Gasteiger partial charge on any atom is 0.526 e. The minimum Gasteiger partial charge on any atom is -0.535 e. The van der Waals surface area contributed by atoms with Crippen LogP contribution in [0.3, 0.4) is 0 Å². The van der Waals surface area contributed by atoms with Gasteiger partial charge in [-0.05, 0) is 24.6 Å². The Morgan fingerprint density at radius 3 is 2.66 bits per heavy atom. The maximum atomic E-state index is 12.6. The normalized spacial score (nSPS) is 20.2. The number of piperazine rings is 1. The van der Waals surface area contributed by atoms with E-state index < -0.39 is 13.1 Å². The second-order valence-corrected chi connectivity index (χ2v) is 7.79. The second kappa shape index (κ2) is 10.2. The van der Waals surface area contributed by atoms with Gasteiger partial charge in [0, 0.05) is 51.5 Å². The molecule has 3 rings (SSSR count). The lowest BCUT2D eigenvalue weighted by Gasteiger charge is -2.34. The van der Waals surface area contributed by atoms with Gasteiger partial charge in [-0.15, -0.1) is 0 Å². The van der Waals surface area contributed by atoms with Crippen LogP contribution < -0.4 is 9.97 Å². The Morgan fingerprint density at radius 2 is 1.97 bits per heavy atom. The van der Waals surface area contributed by atoms with E-state index in [4.69, 9.17) is 4.65 Å². The number of Topliss-reactive ketones (excluding diaryl/α,β-unsaturated/α-hetero) is 1. The van der Waals surface area contributed by atoms with E-state index in [-0.39, 0.29) is 29.3 Å². The number of nitrogens with one attached hydrogen (secondary N) is 1. The van der Waals surface area contributed by atoms with E-state index in [9.17, 15) is 19.7 Å². The predicted molar refractivity (Wildman–Crippen MR) is 111 cm³/mol. The van der Waals surface area contributed by atoms with Crippen LogP contribution in [0.2, 0.25) is 5.82 Å². The zero-order valence-corrected chi connectivity index (χ0v) is 17.0. The number of ketones is 1. The summed E-state index contributed by atoms with van der Waals surface area (Å²) < 4.78 is 5.48. The SMILES string of the molecule is CCNCCN1CCN(CC(=O)C[C@H]2Cc3cccc(C(=O)O)c3OB2O)CC1. The van der Waals surface area contributed by atoms with Crippen molar-refractivity contribution in [2.45, 2.75) is 25.6 Å². The van der Waals surface area contributed by atoms with Crippen LogP contribution >= 0.6 is 0 Å². The molecule has 0 bridgehead atoms. The van der Waals surface area contributed by atoms with E-state index in [1.54, 1.807) is 12.1 Å². The van der Waals surface area contributed by atoms with E-state index in [1.165, 1.54) is 6.07 Å². The molecule has 2 aliphatic rings. The number of carbonyl (C=O) groups excluding carboxylic acids is 1. The van der Waals surface area contributed by atoms with Gasteiger partial charge in [0.25, 0.3) is 0 Å². The predicted octanol–water partition coefficient (Wildman–Crippen LogP) is 0.357. The van der Waals surface area contributed by atoms with E-state index in [1.807, 2.05) is 0 Å². The fourth-order valence-electron chi connectivity index (χ4n) is 4.02. The first-order chi connectivity index (χ1) is 14.0. The number of aromatic carboxylic acids is 1. The topological polar surface area (TPSA) is 102 Å². The molecular weight excluding hydrogens is 373 g/mol. The first kappa shape index (κ1) is 21.8. The highest BCUT2D eigenvalue weighted by molar-refractivity contribution is 6.47. The number of para-hydroxylation sites is 1. The molecule has 0 spiro atoms. The van der Waals surface area contributed by atoms with Crippen LogP contribution in [0.4, 0.5) is 0 Å². The minimum absolute atomic E-state index is 0.0401. The molecule has 3 N–H and O–H groups in total. The lowest BCUT2D eigenvalue weighted by molar-refractivity contribution is -0.120. The van der Waals surface area contributed by atoms with E-state index >= 15 is 0 Å². The summed E-state index contributed by atoms with van der Waals surface area (Å²) in [5, 5.41) is 22.9. The Bertz CT molecular complexity index is 724. The number of hydrogen-bond acceptors (Lipinski definition) is 7. The summed E-state index contributed by atoms with van der Waals surface area (Å²) in [6, 6.07) is 4.91. The summed E-state index contributed by atoms with van der Waals surface area (Å²) in [4.78, 5) is 28.5. The Labute approximate surface area is 172 Å². The highest BCUT2D eigenvalue weighted by Gasteiger charge is 2.38. The smallest absolute Gasteiger partial charge is 0.526 e. The molecule has 1 atom stereocenters. The lowest BCUT2D eigenvalue weighted by atomic mass is 9.64. The van der Waals surface area contributed by atoms with E-state index in [2.05, 4.69) is 22.0 Å². The minimum atomic E-state index is -1.17. The monoisotopic (exact) mass is 403 g/mol. The Hall–Kier alpha value is -1.94. The van der Waals surface area contributed by atoms with E-state index in [0.717, 1.165) is 51.4 Å². The van der Waals surface area contributed by atoms with Crippen molar-refractivity contribution in [1.82, 2.24) is 15.1 Å². The van der Waals surface area contributed by atoms with Crippen LogP contribution in [0.5, 0.6) is 5.75 Å². The average molecular weight is 403 g/mol. The number of hydrogen-bond donors (Lipinski definition) is 3.